The molecule has 0 unspecified atom stereocenters. The van der Waals surface area contributed by atoms with Crippen molar-refractivity contribution in [1.82, 2.24) is 9.97 Å². The molecule has 0 atom stereocenters. The highest BCUT2D eigenvalue weighted by Gasteiger charge is 2.12. The number of Topliss-reactive ketones (excluding diaryl/α,β-unsaturated/α-hetero) is 1. The fraction of sp³-hybridized carbons (Fsp3) is 0.250. The smallest absolute Gasteiger partial charge is 0.311 e. The number of benzene rings is 1. The van der Waals surface area contributed by atoms with Crippen LogP contribution in [0.25, 0.3) is 0 Å². The molecule has 0 saturated carbocycles. The fourth-order valence-electron chi connectivity index (χ4n) is 1.92. The minimum atomic E-state index is -0.502. The van der Waals surface area contributed by atoms with Crippen molar-refractivity contribution in [3.63, 3.8) is 0 Å². The molecule has 0 aliphatic heterocycles. The van der Waals surface area contributed by atoms with Gasteiger partial charge in [-0.3, -0.25) is 14.4 Å². The van der Waals surface area contributed by atoms with Gasteiger partial charge in [0.2, 0.25) is 0 Å². The molecule has 0 aliphatic rings. The zero-order chi connectivity index (χ0) is 18.4. The third-order valence-corrected chi connectivity index (χ3v) is 4.31. The predicted molar refractivity (Wildman–Crippen MR) is 93.6 cm³/mol. The zero-order valence-electron chi connectivity index (χ0n) is 13.5. The van der Waals surface area contributed by atoms with E-state index in [9.17, 15) is 14.4 Å². The number of carbonyl (C=O) groups excluding carboxylic acids is 2. The number of nitrogens with zero attached hydrogens (tertiary/aromatic N) is 1. The normalized spacial score (nSPS) is 10.4. The maximum atomic E-state index is 12.2. The summed E-state index contributed by atoms with van der Waals surface area (Å²) in [5.41, 5.74) is 0.292. The highest BCUT2D eigenvalue weighted by Crippen LogP contribution is 2.26. The molecule has 9 heteroatoms. The number of H-pyrrole nitrogens is 1. The largest absolute Gasteiger partial charge is 0.495 e. The SMILES string of the molecule is COC(=O)Cc1cc(=O)[nH]c(SCC(=O)c2ccc(OC)c(Cl)c2)n1. The molecule has 0 bridgehead atoms. The highest BCUT2D eigenvalue weighted by molar-refractivity contribution is 7.99. The van der Waals surface area contributed by atoms with Gasteiger partial charge in [-0.1, -0.05) is 23.4 Å². The number of ketones is 1. The van der Waals surface area contributed by atoms with Gasteiger partial charge in [-0.25, -0.2) is 4.98 Å². The van der Waals surface area contributed by atoms with Gasteiger partial charge in [0.25, 0.3) is 5.56 Å². The summed E-state index contributed by atoms with van der Waals surface area (Å²) >= 11 is 7.07. The lowest BCUT2D eigenvalue weighted by Gasteiger charge is -2.06. The van der Waals surface area contributed by atoms with Crippen molar-refractivity contribution in [2.24, 2.45) is 0 Å². The Kier molecular flexibility index (Phi) is 6.60. The molecule has 1 aromatic heterocycles. The topological polar surface area (TPSA) is 98.4 Å². The van der Waals surface area contributed by atoms with Gasteiger partial charge in [-0.2, -0.15) is 0 Å². The number of carbonyl (C=O) groups is 2. The molecule has 25 heavy (non-hydrogen) atoms. The van der Waals surface area contributed by atoms with Crippen LogP contribution in [0.1, 0.15) is 16.1 Å². The van der Waals surface area contributed by atoms with Crippen molar-refractivity contribution in [2.45, 2.75) is 11.6 Å². The Hall–Kier alpha value is -2.32. The van der Waals surface area contributed by atoms with E-state index in [4.69, 9.17) is 16.3 Å². The Morgan fingerprint density at radius 2 is 2.04 bits per heavy atom. The average molecular weight is 383 g/mol. The fourth-order valence-corrected chi connectivity index (χ4v) is 2.97. The maximum Gasteiger partial charge on any atom is 0.311 e. The third kappa shape index (κ3) is 5.33. The van der Waals surface area contributed by atoms with Crippen LogP contribution in [0.2, 0.25) is 5.02 Å². The van der Waals surface area contributed by atoms with Crippen LogP contribution in [-0.4, -0.2) is 41.7 Å². The monoisotopic (exact) mass is 382 g/mol. The number of aromatic nitrogens is 2. The van der Waals surface area contributed by atoms with E-state index in [0.717, 1.165) is 11.8 Å². The number of aromatic amines is 1. The Morgan fingerprint density at radius 3 is 2.68 bits per heavy atom. The van der Waals surface area contributed by atoms with Crippen molar-refractivity contribution < 1.29 is 19.1 Å². The van der Waals surface area contributed by atoms with Gasteiger partial charge < -0.3 is 14.5 Å². The van der Waals surface area contributed by atoms with Crippen molar-refractivity contribution in [1.29, 1.82) is 0 Å². The maximum absolute atomic E-state index is 12.2. The van der Waals surface area contributed by atoms with E-state index in [0.29, 0.717) is 16.3 Å². The van der Waals surface area contributed by atoms with Gasteiger partial charge in [0, 0.05) is 11.6 Å². The molecule has 1 aromatic carbocycles. The molecular formula is C16H15ClN2O5S. The molecule has 0 fully saturated rings. The standard InChI is InChI=1S/C16H15ClN2O5S/c1-23-13-4-3-9(5-11(13)17)12(20)8-25-16-18-10(6-14(21)19-16)7-15(22)24-2/h3-6H,7-8H2,1-2H3,(H,18,19,21). The van der Waals surface area contributed by atoms with E-state index >= 15 is 0 Å². The Morgan fingerprint density at radius 1 is 1.28 bits per heavy atom. The highest BCUT2D eigenvalue weighted by atomic mass is 35.5. The minimum absolute atomic E-state index is 0.0489. The molecule has 0 amide bonds. The second-order valence-corrected chi connectivity index (χ2v) is 6.23. The summed E-state index contributed by atoms with van der Waals surface area (Å²) in [4.78, 5) is 41.8. The van der Waals surface area contributed by atoms with Crippen LogP contribution in [0.5, 0.6) is 5.75 Å². The Balaban J connectivity index is 2.07. The number of hydrogen-bond acceptors (Lipinski definition) is 7. The van der Waals surface area contributed by atoms with Gasteiger partial charge in [0.05, 0.1) is 37.1 Å². The lowest BCUT2D eigenvalue weighted by molar-refractivity contribution is -0.139. The lowest BCUT2D eigenvalue weighted by Crippen LogP contribution is -2.14. The number of thioether (sulfide) groups is 1. The van der Waals surface area contributed by atoms with Crippen molar-refractivity contribution in [3.05, 3.63) is 50.9 Å². The summed E-state index contributed by atoms with van der Waals surface area (Å²) in [7, 11) is 2.74. The van der Waals surface area contributed by atoms with Crippen LogP contribution in [0, 0.1) is 0 Å². The van der Waals surface area contributed by atoms with Crippen LogP contribution < -0.4 is 10.3 Å². The lowest BCUT2D eigenvalue weighted by atomic mass is 10.1. The summed E-state index contributed by atoms with van der Waals surface area (Å²) in [6.45, 7) is 0. The van der Waals surface area contributed by atoms with Gasteiger partial charge in [-0.05, 0) is 18.2 Å². The van der Waals surface area contributed by atoms with Crippen molar-refractivity contribution in [3.8, 4) is 5.75 Å². The first-order chi connectivity index (χ1) is 11.9. The number of rotatable bonds is 7. The first kappa shape index (κ1) is 19.0. The molecule has 0 aliphatic carbocycles. The summed E-state index contributed by atoms with van der Waals surface area (Å²) in [5, 5.41) is 0.587. The van der Waals surface area contributed by atoms with E-state index in [1.807, 2.05) is 0 Å². The number of nitrogens with one attached hydrogen (secondary N) is 1. The van der Waals surface area contributed by atoms with Crippen LogP contribution >= 0.6 is 23.4 Å². The number of ether oxygens (including phenoxy) is 2. The van der Waals surface area contributed by atoms with Crippen molar-refractivity contribution in [2.75, 3.05) is 20.0 Å². The molecule has 0 spiro atoms. The number of hydrogen-bond donors (Lipinski definition) is 1. The summed E-state index contributed by atoms with van der Waals surface area (Å²) in [5.74, 6) is -0.159. The molecule has 0 radical (unpaired) electrons. The van der Waals surface area contributed by atoms with E-state index in [1.54, 1.807) is 12.1 Å². The number of methoxy groups -OCH3 is 2. The predicted octanol–water partition coefficient (Wildman–Crippen LogP) is 2.12. The molecule has 1 N–H and O–H groups in total. The average Bonchev–Trinajstić information content (AvgIpc) is 2.59. The second kappa shape index (κ2) is 8.68. The first-order valence-corrected chi connectivity index (χ1v) is 8.46. The van der Waals surface area contributed by atoms with E-state index in [1.165, 1.54) is 26.4 Å². The van der Waals surface area contributed by atoms with Crippen LogP contribution in [0.4, 0.5) is 0 Å². The van der Waals surface area contributed by atoms with Crippen LogP contribution in [0.3, 0.4) is 0 Å². The molecular weight excluding hydrogens is 368 g/mol. The van der Waals surface area contributed by atoms with E-state index < -0.39 is 11.5 Å². The van der Waals surface area contributed by atoms with Crippen LogP contribution in [-0.2, 0) is 16.0 Å². The summed E-state index contributed by atoms with van der Waals surface area (Å²) in [6.07, 6.45) is -0.115. The molecule has 132 valence electrons. The second-order valence-electron chi connectivity index (χ2n) is 4.86. The zero-order valence-corrected chi connectivity index (χ0v) is 15.1. The quantitative estimate of drug-likeness (QED) is 0.339. The molecule has 2 rings (SSSR count). The molecule has 1 heterocycles. The van der Waals surface area contributed by atoms with Gasteiger partial charge in [0.1, 0.15) is 5.75 Å². The third-order valence-electron chi connectivity index (χ3n) is 3.14. The number of halogens is 1. The molecule has 0 saturated heterocycles. The van der Waals surface area contributed by atoms with Crippen molar-refractivity contribution >= 4 is 35.1 Å². The van der Waals surface area contributed by atoms with Gasteiger partial charge in [0.15, 0.2) is 10.9 Å². The van der Waals surface area contributed by atoms with E-state index in [2.05, 4.69) is 14.7 Å². The summed E-state index contributed by atoms with van der Waals surface area (Å²) in [6, 6.07) is 5.95. The molecule has 2 aromatic rings. The van der Waals surface area contributed by atoms with Gasteiger partial charge in [-0.15, -0.1) is 0 Å². The minimum Gasteiger partial charge on any atom is -0.495 e. The van der Waals surface area contributed by atoms with Crippen LogP contribution in [0.15, 0.2) is 34.2 Å². The Labute approximate surface area is 152 Å². The molecule has 7 nitrogen and oxygen atoms in total. The first-order valence-electron chi connectivity index (χ1n) is 7.09. The summed E-state index contributed by atoms with van der Waals surface area (Å²) < 4.78 is 9.59. The van der Waals surface area contributed by atoms with Gasteiger partial charge >= 0.3 is 5.97 Å². The Bertz CT molecular complexity index is 853. The van der Waals surface area contributed by atoms with E-state index in [-0.39, 0.29) is 28.8 Å². The number of esters is 1.